The van der Waals surface area contributed by atoms with Crippen LogP contribution in [-0.4, -0.2) is 63.5 Å². The second-order valence-corrected chi connectivity index (χ2v) is 11.0. The predicted molar refractivity (Wildman–Crippen MR) is 113 cm³/mol. The molecule has 2 aromatic rings. The third kappa shape index (κ3) is 5.87. The summed E-state index contributed by atoms with van der Waals surface area (Å²) in [5, 5.41) is 0. The van der Waals surface area contributed by atoms with Crippen LogP contribution in [0.1, 0.15) is 11.1 Å². The van der Waals surface area contributed by atoms with E-state index in [2.05, 4.69) is 0 Å². The molecule has 0 saturated carbocycles. The van der Waals surface area contributed by atoms with Gasteiger partial charge in [-0.1, -0.05) is 60.7 Å². The number of hydrogen-bond acceptors (Lipinski definition) is 6. The SMILES string of the molecule is CS(=O)(=O)N1CCN(S(C)(=O)=O)C(OCc2ccccc2)C1OCc1ccccc1. The fourth-order valence-corrected chi connectivity index (χ4v) is 5.20. The van der Waals surface area contributed by atoms with Crippen LogP contribution in [0.25, 0.3) is 0 Å². The molecule has 2 unspecified atom stereocenters. The fraction of sp³-hybridized carbons (Fsp3) is 0.400. The lowest BCUT2D eigenvalue weighted by molar-refractivity contribution is -0.186. The van der Waals surface area contributed by atoms with E-state index in [1.54, 1.807) is 0 Å². The molecule has 1 saturated heterocycles. The maximum atomic E-state index is 12.4. The third-order valence-corrected chi connectivity index (χ3v) is 7.22. The highest BCUT2D eigenvalue weighted by Crippen LogP contribution is 2.26. The summed E-state index contributed by atoms with van der Waals surface area (Å²) in [6, 6.07) is 18.5. The van der Waals surface area contributed by atoms with Crippen LogP contribution in [0.15, 0.2) is 60.7 Å². The first kappa shape index (κ1) is 22.9. The van der Waals surface area contributed by atoms with E-state index in [-0.39, 0.29) is 26.3 Å². The van der Waals surface area contributed by atoms with E-state index in [0.717, 1.165) is 32.2 Å². The van der Waals surface area contributed by atoms with Gasteiger partial charge in [-0.25, -0.2) is 16.8 Å². The molecule has 8 nitrogen and oxygen atoms in total. The molecular weight excluding hydrogens is 428 g/mol. The summed E-state index contributed by atoms with van der Waals surface area (Å²) in [6.45, 7) is 0.188. The number of nitrogens with zero attached hydrogens (tertiary/aromatic N) is 2. The van der Waals surface area contributed by atoms with Crippen molar-refractivity contribution in [3.63, 3.8) is 0 Å². The van der Waals surface area contributed by atoms with Crippen molar-refractivity contribution in [1.29, 1.82) is 0 Å². The van der Waals surface area contributed by atoms with Crippen LogP contribution >= 0.6 is 0 Å². The molecular formula is C20H26N2O6S2. The molecule has 2 aromatic carbocycles. The van der Waals surface area contributed by atoms with Crippen molar-refractivity contribution in [3.05, 3.63) is 71.8 Å². The highest BCUT2D eigenvalue weighted by molar-refractivity contribution is 7.88. The van der Waals surface area contributed by atoms with Crippen LogP contribution in [0, 0.1) is 0 Å². The van der Waals surface area contributed by atoms with Gasteiger partial charge in [0.25, 0.3) is 0 Å². The largest absolute Gasteiger partial charge is 0.353 e. The number of sulfonamides is 2. The van der Waals surface area contributed by atoms with Crippen molar-refractivity contribution in [2.45, 2.75) is 25.7 Å². The second-order valence-electron chi connectivity index (χ2n) is 7.12. The molecule has 0 aliphatic carbocycles. The second kappa shape index (κ2) is 9.54. The van der Waals surface area contributed by atoms with Gasteiger partial charge >= 0.3 is 0 Å². The first-order valence-corrected chi connectivity index (χ1v) is 13.1. The molecule has 30 heavy (non-hydrogen) atoms. The summed E-state index contributed by atoms with van der Waals surface area (Å²) < 4.78 is 63.8. The van der Waals surface area contributed by atoms with Gasteiger partial charge < -0.3 is 9.47 Å². The Morgan fingerprint density at radius 1 is 0.700 bits per heavy atom. The van der Waals surface area contributed by atoms with Gasteiger partial charge in [-0.3, -0.25) is 0 Å². The Kier molecular flexibility index (Phi) is 7.27. The first-order chi connectivity index (χ1) is 14.2. The van der Waals surface area contributed by atoms with Crippen molar-refractivity contribution < 1.29 is 26.3 Å². The zero-order valence-corrected chi connectivity index (χ0v) is 18.6. The zero-order valence-electron chi connectivity index (χ0n) is 16.9. The molecule has 0 amide bonds. The first-order valence-electron chi connectivity index (χ1n) is 9.41. The molecule has 0 radical (unpaired) electrons. The number of hydrogen-bond donors (Lipinski definition) is 0. The van der Waals surface area contributed by atoms with Gasteiger partial charge in [0.15, 0.2) is 12.5 Å². The molecule has 0 N–H and O–H groups in total. The average molecular weight is 455 g/mol. The minimum Gasteiger partial charge on any atom is -0.353 e. The van der Waals surface area contributed by atoms with E-state index < -0.39 is 32.5 Å². The van der Waals surface area contributed by atoms with E-state index in [1.165, 1.54) is 0 Å². The summed E-state index contributed by atoms with van der Waals surface area (Å²) in [6.07, 6.45) is -0.0771. The highest BCUT2D eigenvalue weighted by atomic mass is 32.2. The van der Waals surface area contributed by atoms with Crippen molar-refractivity contribution in [1.82, 2.24) is 8.61 Å². The minimum atomic E-state index is -3.66. The van der Waals surface area contributed by atoms with Crippen molar-refractivity contribution in [2.75, 3.05) is 25.6 Å². The summed E-state index contributed by atoms with van der Waals surface area (Å²) in [7, 11) is -7.31. The lowest BCUT2D eigenvalue weighted by atomic mass is 10.2. The van der Waals surface area contributed by atoms with Crippen LogP contribution in [-0.2, 0) is 42.7 Å². The van der Waals surface area contributed by atoms with Gasteiger partial charge in [0.1, 0.15) is 0 Å². The minimum absolute atomic E-state index is 0.0173. The molecule has 1 heterocycles. The number of benzene rings is 2. The smallest absolute Gasteiger partial charge is 0.213 e. The molecule has 0 spiro atoms. The van der Waals surface area contributed by atoms with Gasteiger partial charge in [0.2, 0.25) is 20.0 Å². The quantitative estimate of drug-likeness (QED) is 0.602. The van der Waals surface area contributed by atoms with E-state index in [0.29, 0.717) is 0 Å². The van der Waals surface area contributed by atoms with Gasteiger partial charge in [0.05, 0.1) is 25.7 Å². The highest BCUT2D eigenvalue weighted by Gasteiger charge is 2.45. The molecule has 164 valence electrons. The monoisotopic (exact) mass is 454 g/mol. The Morgan fingerprint density at radius 3 is 1.33 bits per heavy atom. The molecule has 0 aromatic heterocycles. The third-order valence-electron chi connectivity index (χ3n) is 4.73. The molecule has 0 bridgehead atoms. The Hall–Kier alpha value is -1.82. The number of rotatable bonds is 8. The van der Waals surface area contributed by atoms with Gasteiger partial charge in [-0.2, -0.15) is 8.61 Å². The standard InChI is InChI=1S/C20H26N2O6S2/c1-29(23,24)21-13-14-22(30(2,25)26)20(28-16-18-11-7-4-8-12-18)19(21)27-15-17-9-5-3-6-10-17/h3-12,19-20H,13-16H2,1-2H3. The van der Waals surface area contributed by atoms with Gasteiger partial charge in [-0.15, -0.1) is 0 Å². The maximum Gasteiger partial charge on any atom is 0.213 e. The molecule has 1 aliphatic heterocycles. The number of piperazine rings is 1. The van der Waals surface area contributed by atoms with E-state index in [4.69, 9.17) is 9.47 Å². The molecule has 3 rings (SSSR count). The van der Waals surface area contributed by atoms with Gasteiger partial charge in [0, 0.05) is 13.1 Å². The normalized spacial score (nSPS) is 21.5. The molecule has 2 atom stereocenters. The lowest BCUT2D eigenvalue weighted by Crippen LogP contribution is -2.63. The van der Waals surface area contributed by atoms with Crippen LogP contribution in [0.2, 0.25) is 0 Å². The predicted octanol–water partition coefficient (Wildman–Crippen LogP) is 1.61. The Balaban J connectivity index is 1.90. The summed E-state index contributed by atoms with van der Waals surface area (Å²) in [5.74, 6) is 0. The Bertz CT molecular complexity index is 944. The van der Waals surface area contributed by atoms with Crippen LogP contribution < -0.4 is 0 Å². The van der Waals surface area contributed by atoms with E-state index >= 15 is 0 Å². The lowest BCUT2D eigenvalue weighted by Gasteiger charge is -2.44. The van der Waals surface area contributed by atoms with E-state index in [1.807, 2.05) is 60.7 Å². The van der Waals surface area contributed by atoms with Crippen molar-refractivity contribution >= 4 is 20.0 Å². The Labute approximate surface area is 178 Å². The Morgan fingerprint density at radius 2 is 1.03 bits per heavy atom. The average Bonchev–Trinajstić information content (AvgIpc) is 2.70. The summed E-state index contributed by atoms with van der Waals surface area (Å²) >= 11 is 0. The van der Waals surface area contributed by atoms with Crippen molar-refractivity contribution in [2.24, 2.45) is 0 Å². The molecule has 10 heteroatoms. The van der Waals surface area contributed by atoms with E-state index in [9.17, 15) is 16.8 Å². The fourth-order valence-electron chi connectivity index (χ4n) is 3.29. The topological polar surface area (TPSA) is 93.2 Å². The zero-order chi connectivity index (χ0) is 21.8. The summed E-state index contributed by atoms with van der Waals surface area (Å²) in [5.41, 5.74) is 1.67. The van der Waals surface area contributed by atoms with Crippen LogP contribution in [0.5, 0.6) is 0 Å². The molecule has 1 aliphatic rings. The van der Waals surface area contributed by atoms with Crippen LogP contribution in [0.4, 0.5) is 0 Å². The van der Waals surface area contributed by atoms with Crippen molar-refractivity contribution in [3.8, 4) is 0 Å². The molecule has 1 fully saturated rings. The summed E-state index contributed by atoms with van der Waals surface area (Å²) in [4.78, 5) is 0. The van der Waals surface area contributed by atoms with Gasteiger partial charge in [-0.05, 0) is 11.1 Å². The maximum absolute atomic E-state index is 12.4. The van der Waals surface area contributed by atoms with Crippen LogP contribution in [0.3, 0.4) is 0 Å². The number of ether oxygens (including phenoxy) is 2.